The maximum absolute atomic E-state index is 13.4. The second kappa shape index (κ2) is 8.92. The Labute approximate surface area is 193 Å². The zero-order valence-corrected chi connectivity index (χ0v) is 18.1. The highest BCUT2D eigenvalue weighted by atomic mass is 16.5. The monoisotopic (exact) mass is 450 g/mol. The van der Waals surface area contributed by atoms with Crippen molar-refractivity contribution in [3.05, 3.63) is 88.7 Å². The Morgan fingerprint density at radius 1 is 1.06 bits per heavy atom. The van der Waals surface area contributed by atoms with Crippen molar-refractivity contribution in [2.24, 2.45) is 5.10 Å². The molecule has 0 unspecified atom stereocenters. The Hall–Kier alpha value is -4.90. The van der Waals surface area contributed by atoms with Crippen LogP contribution in [0.5, 0.6) is 11.5 Å². The average Bonchev–Trinajstić information content (AvgIpc) is 3.32. The van der Waals surface area contributed by atoms with Crippen molar-refractivity contribution in [3.63, 3.8) is 0 Å². The molecule has 0 saturated heterocycles. The van der Waals surface area contributed by atoms with E-state index < -0.39 is 0 Å². The molecule has 5 rings (SSSR count). The first-order valence-electron chi connectivity index (χ1n) is 10.4. The lowest BCUT2D eigenvalue weighted by Gasteiger charge is -2.08. The molecule has 0 N–H and O–H groups in total. The van der Waals surface area contributed by atoms with Crippen LogP contribution in [-0.2, 0) is 0 Å². The van der Waals surface area contributed by atoms with Gasteiger partial charge in [0.15, 0.2) is 12.4 Å². The van der Waals surface area contributed by atoms with Gasteiger partial charge in [-0.3, -0.25) is 4.79 Å². The summed E-state index contributed by atoms with van der Waals surface area (Å²) in [7, 11) is 1.59. The maximum Gasteiger partial charge on any atom is 0.282 e. The SMILES string of the molecule is COc1cccc2oc(-c3nc4ccccc4c(=O)n3N=Cc3ccccc3OCC#N)cc12. The third-order valence-electron chi connectivity index (χ3n) is 5.24. The van der Waals surface area contributed by atoms with Crippen molar-refractivity contribution in [1.29, 1.82) is 5.26 Å². The summed E-state index contributed by atoms with van der Waals surface area (Å²) >= 11 is 0. The van der Waals surface area contributed by atoms with Crippen molar-refractivity contribution < 1.29 is 13.9 Å². The topological polar surface area (TPSA) is 103 Å². The van der Waals surface area contributed by atoms with E-state index in [9.17, 15) is 4.79 Å². The number of para-hydroxylation sites is 2. The lowest BCUT2D eigenvalue weighted by atomic mass is 10.2. The van der Waals surface area contributed by atoms with Gasteiger partial charge in [0, 0.05) is 5.56 Å². The Kier molecular flexibility index (Phi) is 5.50. The molecule has 2 aromatic heterocycles. The second-order valence-electron chi connectivity index (χ2n) is 7.28. The van der Waals surface area contributed by atoms with E-state index in [0.717, 1.165) is 5.39 Å². The molecule has 8 heteroatoms. The minimum absolute atomic E-state index is 0.103. The molecule has 0 aliphatic heterocycles. The normalized spacial score (nSPS) is 11.2. The number of methoxy groups -OCH3 is 1. The molecule has 166 valence electrons. The van der Waals surface area contributed by atoms with E-state index in [1.165, 1.54) is 10.9 Å². The van der Waals surface area contributed by atoms with Crippen LogP contribution in [0.1, 0.15) is 5.56 Å². The van der Waals surface area contributed by atoms with E-state index in [4.69, 9.17) is 19.2 Å². The quantitative estimate of drug-likeness (QED) is 0.350. The molecule has 0 bridgehead atoms. The van der Waals surface area contributed by atoms with E-state index in [2.05, 4.69) is 10.1 Å². The van der Waals surface area contributed by atoms with Gasteiger partial charge in [-0.15, -0.1) is 0 Å². The summed E-state index contributed by atoms with van der Waals surface area (Å²) < 4.78 is 18.1. The van der Waals surface area contributed by atoms with Crippen molar-refractivity contribution in [2.75, 3.05) is 13.7 Å². The molecular weight excluding hydrogens is 432 g/mol. The molecule has 0 radical (unpaired) electrons. The van der Waals surface area contributed by atoms with Crippen LogP contribution in [-0.4, -0.2) is 29.6 Å². The predicted molar refractivity (Wildman–Crippen MR) is 128 cm³/mol. The second-order valence-corrected chi connectivity index (χ2v) is 7.28. The maximum atomic E-state index is 13.4. The van der Waals surface area contributed by atoms with Crippen LogP contribution in [0.4, 0.5) is 0 Å². The average molecular weight is 450 g/mol. The number of ether oxygens (including phenoxy) is 2. The molecule has 3 aromatic carbocycles. The van der Waals surface area contributed by atoms with Crippen molar-refractivity contribution >= 4 is 28.1 Å². The number of aromatic nitrogens is 2. The molecule has 0 atom stereocenters. The molecule has 0 fully saturated rings. The number of benzene rings is 3. The molecule has 2 heterocycles. The summed E-state index contributed by atoms with van der Waals surface area (Å²) in [5, 5.41) is 14.5. The summed E-state index contributed by atoms with van der Waals surface area (Å²) in [5.41, 5.74) is 1.39. The third-order valence-corrected chi connectivity index (χ3v) is 5.24. The fourth-order valence-corrected chi connectivity index (χ4v) is 3.66. The highest BCUT2D eigenvalue weighted by Crippen LogP contribution is 2.32. The number of nitrogens with zero attached hydrogens (tertiary/aromatic N) is 4. The molecule has 0 amide bonds. The summed E-state index contributed by atoms with van der Waals surface area (Å²) in [4.78, 5) is 18.1. The number of hydrogen-bond donors (Lipinski definition) is 0. The first kappa shape index (κ1) is 21.0. The van der Waals surface area contributed by atoms with Gasteiger partial charge in [0.1, 0.15) is 23.2 Å². The standard InChI is InChI=1S/C26H18N4O4/c1-32-22-11-6-12-23-19(22)15-24(34-23)25-29-20-9-4-3-8-18(20)26(31)30(25)28-16-17-7-2-5-10-21(17)33-14-13-27/h2-12,15-16H,14H2,1H3. The fourth-order valence-electron chi connectivity index (χ4n) is 3.66. The van der Waals surface area contributed by atoms with Crippen molar-refractivity contribution in [1.82, 2.24) is 9.66 Å². The smallest absolute Gasteiger partial charge is 0.282 e. The highest BCUT2D eigenvalue weighted by molar-refractivity contribution is 5.89. The first-order valence-corrected chi connectivity index (χ1v) is 10.4. The van der Waals surface area contributed by atoms with Crippen LogP contribution >= 0.6 is 0 Å². The Balaban J connectivity index is 1.70. The van der Waals surface area contributed by atoms with Crippen LogP contribution < -0.4 is 15.0 Å². The van der Waals surface area contributed by atoms with Gasteiger partial charge in [0.2, 0.25) is 5.82 Å². The van der Waals surface area contributed by atoms with E-state index in [1.54, 1.807) is 49.6 Å². The molecule has 0 saturated carbocycles. The van der Waals surface area contributed by atoms with Crippen LogP contribution in [0.2, 0.25) is 0 Å². The van der Waals surface area contributed by atoms with Gasteiger partial charge < -0.3 is 13.9 Å². The number of nitriles is 1. The minimum Gasteiger partial charge on any atom is -0.496 e. The van der Waals surface area contributed by atoms with Crippen LogP contribution in [0.15, 0.2) is 87.1 Å². The van der Waals surface area contributed by atoms with E-state index in [-0.39, 0.29) is 18.0 Å². The first-order chi connectivity index (χ1) is 16.7. The highest BCUT2D eigenvalue weighted by Gasteiger charge is 2.18. The summed E-state index contributed by atoms with van der Waals surface area (Å²) in [5.74, 6) is 1.74. The Bertz CT molecular complexity index is 1640. The third kappa shape index (κ3) is 3.76. The fraction of sp³-hybridized carbons (Fsp3) is 0.0769. The zero-order valence-electron chi connectivity index (χ0n) is 18.1. The van der Waals surface area contributed by atoms with E-state index in [1.807, 2.05) is 36.4 Å². The van der Waals surface area contributed by atoms with Crippen molar-refractivity contribution in [3.8, 4) is 29.2 Å². The lowest BCUT2D eigenvalue weighted by Crippen LogP contribution is -2.20. The number of fused-ring (bicyclic) bond motifs is 2. The summed E-state index contributed by atoms with van der Waals surface area (Å²) in [6, 6.07) is 23.4. The largest absolute Gasteiger partial charge is 0.496 e. The van der Waals surface area contributed by atoms with Gasteiger partial charge in [-0.2, -0.15) is 15.0 Å². The Morgan fingerprint density at radius 2 is 1.85 bits per heavy atom. The van der Waals surface area contributed by atoms with Gasteiger partial charge in [0.25, 0.3) is 5.56 Å². The minimum atomic E-state index is -0.348. The molecule has 0 aliphatic rings. The van der Waals surface area contributed by atoms with E-state index >= 15 is 0 Å². The number of rotatable bonds is 6. The van der Waals surface area contributed by atoms with E-state index in [0.29, 0.717) is 39.3 Å². The van der Waals surface area contributed by atoms with Crippen LogP contribution in [0.25, 0.3) is 33.5 Å². The van der Waals surface area contributed by atoms with Crippen molar-refractivity contribution in [2.45, 2.75) is 0 Å². The van der Waals surface area contributed by atoms with Crippen LogP contribution in [0.3, 0.4) is 0 Å². The number of furan rings is 1. The van der Waals surface area contributed by atoms with Gasteiger partial charge in [-0.1, -0.05) is 30.3 Å². The Morgan fingerprint density at radius 3 is 2.71 bits per heavy atom. The predicted octanol–water partition coefficient (Wildman–Crippen LogP) is 4.60. The van der Waals surface area contributed by atoms with Crippen LogP contribution in [0, 0.1) is 11.3 Å². The molecule has 0 spiro atoms. The summed E-state index contributed by atoms with van der Waals surface area (Å²) in [6.07, 6.45) is 1.50. The lowest BCUT2D eigenvalue weighted by molar-refractivity contribution is 0.367. The van der Waals surface area contributed by atoms with Gasteiger partial charge >= 0.3 is 0 Å². The van der Waals surface area contributed by atoms with Gasteiger partial charge in [-0.05, 0) is 42.5 Å². The van der Waals surface area contributed by atoms with Gasteiger partial charge in [0.05, 0.1) is 29.6 Å². The summed E-state index contributed by atoms with van der Waals surface area (Å²) in [6.45, 7) is -0.103. The molecule has 0 aliphatic carbocycles. The molecule has 5 aromatic rings. The molecule has 34 heavy (non-hydrogen) atoms. The zero-order chi connectivity index (χ0) is 23.5. The molecular formula is C26H18N4O4. The van der Waals surface area contributed by atoms with Gasteiger partial charge in [-0.25, -0.2) is 4.98 Å². The number of hydrogen-bond acceptors (Lipinski definition) is 7. The molecule has 8 nitrogen and oxygen atoms in total.